The van der Waals surface area contributed by atoms with Gasteiger partial charge in [-0.25, -0.2) is 0 Å². The molecule has 2 unspecified atom stereocenters. The molecule has 0 aromatic heterocycles. The van der Waals surface area contributed by atoms with Crippen LogP contribution in [0.15, 0.2) is 0 Å². The lowest BCUT2D eigenvalue weighted by Crippen LogP contribution is -2.62. The average Bonchev–Trinajstić information content (AvgIpc) is 2.65. The van der Waals surface area contributed by atoms with Gasteiger partial charge >= 0.3 is 0 Å². The quantitative estimate of drug-likeness (QED) is 0.787. The zero-order valence-electron chi connectivity index (χ0n) is 12.2. The second-order valence-corrected chi connectivity index (χ2v) is 6.20. The molecule has 2 fully saturated rings. The molecule has 3 heteroatoms. The summed E-state index contributed by atoms with van der Waals surface area (Å²) in [7, 11) is 0. The first-order valence-electron chi connectivity index (χ1n) is 7.80. The van der Waals surface area contributed by atoms with Crippen molar-refractivity contribution in [2.75, 3.05) is 19.7 Å². The van der Waals surface area contributed by atoms with Gasteiger partial charge in [-0.3, -0.25) is 4.90 Å². The minimum absolute atomic E-state index is 0.259. The van der Waals surface area contributed by atoms with Gasteiger partial charge in [0.25, 0.3) is 0 Å². The topological polar surface area (TPSA) is 38.5 Å². The van der Waals surface area contributed by atoms with Crippen molar-refractivity contribution in [2.45, 2.75) is 76.5 Å². The second kappa shape index (κ2) is 6.36. The molecule has 2 atom stereocenters. The van der Waals surface area contributed by atoms with Gasteiger partial charge < -0.3 is 10.5 Å². The van der Waals surface area contributed by atoms with Crippen LogP contribution < -0.4 is 5.73 Å². The number of morpholine rings is 1. The molecule has 1 aliphatic carbocycles. The SMILES string of the molecule is CCC1COC(C)CN1C1(CN)CCCCCC1. The van der Waals surface area contributed by atoms with Crippen LogP contribution in [0.1, 0.15) is 58.8 Å². The maximum Gasteiger partial charge on any atom is 0.0675 e. The molecule has 0 bridgehead atoms. The van der Waals surface area contributed by atoms with Gasteiger partial charge in [-0.15, -0.1) is 0 Å². The summed E-state index contributed by atoms with van der Waals surface area (Å²) in [5, 5.41) is 0. The molecule has 3 nitrogen and oxygen atoms in total. The maximum atomic E-state index is 6.22. The van der Waals surface area contributed by atoms with Crippen molar-refractivity contribution in [3.8, 4) is 0 Å². The molecule has 106 valence electrons. The van der Waals surface area contributed by atoms with Crippen LogP contribution in [0, 0.1) is 0 Å². The Morgan fingerprint density at radius 1 is 1.22 bits per heavy atom. The van der Waals surface area contributed by atoms with Crippen molar-refractivity contribution in [3.05, 3.63) is 0 Å². The van der Waals surface area contributed by atoms with Crippen LogP contribution in [0.25, 0.3) is 0 Å². The van der Waals surface area contributed by atoms with Crippen LogP contribution >= 0.6 is 0 Å². The highest BCUT2D eigenvalue weighted by Gasteiger charge is 2.41. The largest absolute Gasteiger partial charge is 0.376 e. The number of hydrogen-bond donors (Lipinski definition) is 1. The molecule has 1 saturated heterocycles. The third-order valence-electron chi connectivity index (χ3n) is 4.96. The molecule has 2 N–H and O–H groups in total. The number of rotatable bonds is 3. The van der Waals surface area contributed by atoms with E-state index in [1.807, 2.05) is 0 Å². The fourth-order valence-electron chi connectivity index (χ4n) is 3.76. The molecule has 1 aliphatic heterocycles. The molecule has 0 radical (unpaired) electrons. The molecule has 1 heterocycles. The molecular weight excluding hydrogens is 224 g/mol. The fraction of sp³-hybridized carbons (Fsp3) is 1.00. The first-order chi connectivity index (χ1) is 8.72. The van der Waals surface area contributed by atoms with Crippen LogP contribution in [0.4, 0.5) is 0 Å². The number of ether oxygens (including phenoxy) is 1. The van der Waals surface area contributed by atoms with Gasteiger partial charge in [0.05, 0.1) is 12.7 Å². The van der Waals surface area contributed by atoms with Crippen molar-refractivity contribution in [1.82, 2.24) is 4.90 Å². The van der Waals surface area contributed by atoms with Crippen LogP contribution in [-0.2, 0) is 4.74 Å². The summed E-state index contributed by atoms with van der Waals surface area (Å²) in [5.41, 5.74) is 6.48. The third-order valence-corrected chi connectivity index (χ3v) is 4.96. The molecular formula is C15H30N2O. The zero-order chi connectivity index (χ0) is 13.0. The van der Waals surface area contributed by atoms with Crippen molar-refractivity contribution >= 4 is 0 Å². The number of nitrogens with two attached hydrogens (primary N) is 1. The van der Waals surface area contributed by atoms with E-state index in [1.54, 1.807) is 0 Å². The minimum atomic E-state index is 0.259. The maximum absolute atomic E-state index is 6.22. The number of hydrogen-bond acceptors (Lipinski definition) is 3. The lowest BCUT2D eigenvalue weighted by atomic mass is 9.85. The van der Waals surface area contributed by atoms with Crippen LogP contribution in [0.3, 0.4) is 0 Å². The van der Waals surface area contributed by atoms with E-state index in [9.17, 15) is 0 Å². The standard InChI is InChI=1S/C15H30N2O/c1-3-14-11-18-13(2)10-17(14)15(12-16)8-6-4-5-7-9-15/h13-14H,3-12,16H2,1-2H3. The van der Waals surface area contributed by atoms with Gasteiger partial charge in [0.1, 0.15) is 0 Å². The Morgan fingerprint density at radius 2 is 1.89 bits per heavy atom. The van der Waals surface area contributed by atoms with E-state index in [0.29, 0.717) is 12.1 Å². The Labute approximate surface area is 112 Å². The Hall–Kier alpha value is -0.120. The molecule has 2 rings (SSSR count). The summed E-state index contributed by atoms with van der Waals surface area (Å²) in [6, 6.07) is 0.572. The number of nitrogens with zero attached hydrogens (tertiary/aromatic N) is 1. The summed E-state index contributed by atoms with van der Waals surface area (Å²) >= 11 is 0. The fourth-order valence-corrected chi connectivity index (χ4v) is 3.76. The third kappa shape index (κ3) is 2.89. The summed E-state index contributed by atoms with van der Waals surface area (Å²) in [5.74, 6) is 0. The van der Waals surface area contributed by atoms with E-state index in [-0.39, 0.29) is 5.54 Å². The summed E-state index contributed by atoms with van der Waals surface area (Å²) in [6.07, 6.45) is 9.57. The van der Waals surface area contributed by atoms with Crippen LogP contribution in [-0.4, -0.2) is 42.3 Å². The highest BCUT2D eigenvalue weighted by molar-refractivity contribution is 4.97. The van der Waals surface area contributed by atoms with Gasteiger partial charge in [-0.2, -0.15) is 0 Å². The van der Waals surface area contributed by atoms with Crippen molar-refractivity contribution < 1.29 is 4.74 Å². The van der Waals surface area contributed by atoms with Crippen LogP contribution in [0.5, 0.6) is 0 Å². The summed E-state index contributed by atoms with van der Waals surface area (Å²) < 4.78 is 5.84. The average molecular weight is 254 g/mol. The molecule has 18 heavy (non-hydrogen) atoms. The monoisotopic (exact) mass is 254 g/mol. The molecule has 1 saturated carbocycles. The molecule has 0 spiro atoms. The normalized spacial score (nSPS) is 34.2. The Morgan fingerprint density at radius 3 is 2.44 bits per heavy atom. The van der Waals surface area contributed by atoms with E-state index >= 15 is 0 Å². The van der Waals surface area contributed by atoms with Gasteiger partial charge in [0, 0.05) is 24.7 Å². The van der Waals surface area contributed by atoms with Crippen molar-refractivity contribution in [3.63, 3.8) is 0 Å². The lowest BCUT2D eigenvalue weighted by Gasteiger charge is -2.51. The molecule has 0 aromatic carbocycles. The van der Waals surface area contributed by atoms with Crippen LogP contribution in [0.2, 0.25) is 0 Å². The zero-order valence-corrected chi connectivity index (χ0v) is 12.2. The predicted molar refractivity (Wildman–Crippen MR) is 75.7 cm³/mol. The van der Waals surface area contributed by atoms with E-state index in [2.05, 4.69) is 18.7 Å². The van der Waals surface area contributed by atoms with Crippen molar-refractivity contribution in [2.24, 2.45) is 5.73 Å². The smallest absolute Gasteiger partial charge is 0.0675 e. The van der Waals surface area contributed by atoms with Gasteiger partial charge in [0.15, 0.2) is 0 Å². The lowest BCUT2D eigenvalue weighted by molar-refractivity contribution is -0.103. The predicted octanol–water partition coefficient (Wildman–Crippen LogP) is 2.54. The highest BCUT2D eigenvalue weighted by Crippen LogP contribution is 2.35. The highest BCUT2D eigenvalue weighted by atomic mass is 16.5. The molecule has 2 aliphatic rings. The van der Waals surface area contributed by atoms with Gasteiger partial charge in [0.2, 0.25) is 0 Å². The van der Waals surface area contributed by atoms with E-state index in [1.165, 1.54) is 44.9 Å². The Kier molecular flexibility index (Phi) is 5.05. The Bertz CT molecular complexity index is 249. The van der Waals surface area contributed by atoms with Gasteiger partial charge in [-0.05, 0) is 26.2 Å². The first kappa shape index (κ1) is 14.3. The van der Waals surface area contributed by atoms with Gasteiger partial charge in [-0.1, -0.05) is 32.6 Å². The minimum Gasteiger partial charge on any atom is -0.376 e. The van der Waals surface area contributed by atoms with E-state index in [4.69, 9.17) is 10.5 Å². The first-order valence-corrected chi connectivity index (χ1v) is 7.80. The molecule has 0 aromatic rings. The van der Waals surface area contributed by atoms with E-state index < -0.39 is 0 Å². The molecule has 0 amide bonds. The summed E-state index contributed by atoms with van der Waals surface area (Å²) in [6.45, 7) is 7.24. The van der Waals surface area contributed by atoms with E-state index in [0.717, 1.165) is 19.7 Å². The Balaban J connectivity index is 2.16. The second-order valence-electron chi connectivity index (χ2n) is 6.20. The van der Waals surface area contributed by atoms with Crippen molar-refractivity contribution in [1.29, 1.82) is 0 Å². The summed E-state index contributed by atoms with van der Waals surface area (Å²) in [4.78, 5) is 2.71.